The van der Waals surface area contributed by atoms with Crippen molar-refractivity contribution in [2.45, 2.75) is 72.1 Å². The summed E-state index contributed by atoms with van der Waals surface area (Å²) in [5.74, 6) is 2.79. The Bertz CT molecular complexity index is 261. The minimum absolute atomic E-state index is 0.902. The van der Waals surface area contributed by atoms with Crippen molar-refractivity contribution in [2.75, 3.05) is 0 Å². The molecule has 2 aliphatic carbocycles. The van der Waals surface area contributed by atoms with Gasteiger partial charge in [-0.1, -0.05) is 38.3 Å². The van der Waals surface area contributed by atoms with E-state index in [1.807, 2.05) is 11.1 Å². The summed E-state index contributed by atoms with van der Waals surface area (Å²) >= 11 is 0. The van der Waals surface area contributed by atoms with Crippen molar-refractivity contribution in [3.05, 3.63) is 11.1 Å². The molecule has 0 N–H and O–H groups in total. The number of hydrogen-bond acceptors (Lipinski definition) is 0. The van der Waals surface area contributed by atoms with E-state index in [4.69, 9.17) is 0 Å². The van der Waals surface area contributed by atoms with Crippen molar-refractivity contribution < 1.29 is 0 Å². The monoisotopic (exact) mass is 220 g/mol. The van der Waals surface area contributed by atoms with Gasteiger partial charge in [-0.2, -0.15) is 0 Å². The lowest BCUT2D eigenvalue weighted by atomic mass is 9.72. The molecule has 2 saturated carbocycles. The fourth-order valence-electron chi connectivity index (χ4n) is 4.01. The average molecular weight is 220 g/mol. The van der Waals surface area contributed by atoms with E-state index in [9.17, 15) is 0 Å². The number of rotatable bonds is 2. The fourth-order valence-corrected chi connectivity index (χ4v) is 4.01. The van der Waals surface area contributed by atoms with Crippen LogP contribution < -0.4 is 0 Å². The van der Waals surface area contributed by atoms with E-state index in [1.165, 1.54) is 51.4 Å². The summed E-state index contributed by atoms with van der Waals surface area (Å²) in [5.41, 5.74) is 3.79. The van der Waals surface area contributed by atoms with Gasteiger partial charge in [0.15, 0.2) is 0 Å². The maximum Gasteiger partial charge on any atom is -0.0175 e. The van der Waals surface area contributed by atoms with Gasteiger partial charge in [-0.25, -0.2) is 0 Å². The first-order chi connectivity index (χ1) is 7.74. The van der Waals surface area contributed by atoms with Crippen LogP contribution in [0, 0.1) is 17.8 Å². The van der Waals surface area contributed by atoms with E-state index in [0.29, 0.717) is 0 Å². The molecule has 0 heterocycles. The second-order valence-electron chi connectivity index (χ2n) is 6.11. The van der Waals surface area contributed by atoms with Crippen LogP contribution in [0.5, 0.6) is 0 Å². The van der Waals surface area contributed by atoms with Gasteiger partial charge in [0.25, 0.3) is 0 Å². The summed E-state index contributed by atoms with van der Waals surface area (Å²) in [6.07, 6.45) is 11.5. The lowest BCUT2D eigenvalue weighted by Gasteiger charge is -2.34. The van der Waals surface area contributed by atoms with E-state index >= 15 is 0 Å². The Kier molecular flexibility index (Phi) is 4.10. The van der Waals surface area contributed by atoms with Crippen LogP contribution in [0.2, 0.25) is 0 Å². The van der Waals surface area contributed by atoms with E-state index in [2.05, 4.69) is 20.8 Å². The molecule has 0 aliphatic heterocycles. The van der Waals surface area contributed by atoms with Gasteiger partial charge in [0.1, 0.15) is 0 Å². The second kappa shape index (κ2) is 5.38. The Morgan fingerprint density at radius 1 is 1.00 bits per heavy atom. The summed E-state index contributed by atoms with van der Waals surface area (Å²) in [7, 11) is 0. The van der Waals surface area contributed by atoms with Gasteiger partial charge in [-0.05, 0) is 62.7 Å². The lowest BCUT2D eigenvalue weighted by Crippen LogP contribution is -2.21. The quantitative estimate of drug-likeness (QED) is 0.551. The smallest absolute Gasteiger partial charge is 0.0175 e. The predicted octanol–water partition coefficient (Wildman–Crippen LogP) is 5.34. The molecule has 3 atom stereocenters. The maximum absolute atomic E-state index is 2.49. The van der Waals surface area contributed by atoms with E-state index in [1.54, 1.807) is 0 Å². The minimum Gasteiger partial charge on any atom is -0.0679 e. The number of hydrogen-bond donors (Lipinski definition) is 0. The molecule has 0 radical (unpaired) electrons. The zero-order valence-corrected chi connectivity index (χ0v) is 11.4. The molecule has 0 aromatic rings. The molecule has 0 aromatic heterocycles. The molecule has 3 unspecified atom stereocenters. The summed E-state index contributed by atoms with van der Waals surface area (Å²) in [4.78, 5) is 0. The standard InChI is InChI=1S/C16H28/c1-4-7-14-12(2)9-6-11-16(14)15-10-5-8-13(15)3/h12-14H,4-11H2,1-3H3. The van der Waals surface area contributed by atoms with Crippen LogP contribution in [0.3, 0.4) is 0 Å². The summed E-state index contributed by atoms with van der Waals surface area (Å²) in [5, 5.41) is 0. The molecule has 0 bridgehead atoms. The van der Waals surface area contributed by atoms with Gasteiger partial charge >= 0.3 is 0 Å². The van der Waals surface area contributed by atoms with E-state index in [-0.39, 0.29) is 0 Å². The fraction of sp³-hybridized carbons (Fsp3) is 0.875. The second-order valence-corrected chi connectivity index (χ2v) is 6.11. The SMILES string of the molecule is CCCC1C(=C2CCCC2C)CCCC1C. The Hall–Kier alpha value is -0.260. The third-order valence-corrected chi connectivity index (χ3v) is 4.93. The third kappa shape index (κ3) is 2.36. The van der Waals surface area contributed by atoms with Gasteiger partial charge in [0, 0.05) is 0 Å². The van der Waals surface area contributed by atoms with Crippen LogP contribution in [0.4, 0.5) is 0 Å². The molecule has 92 valence electrons. The largest absolute Gasteiger partial charge is 0.0679 e. The molecule has 0 aromatic carbocycles. The molecule has 0 amide bonds. The topological polar surface area (TPSA) is 0 Å². The Morgan fingerprint density at radius 3 is 2.31 bits per heavy atom. The highest BCUT2D eigenvalue weighted by molar-refractivity contribution is 5.24. The molecule has 0 saturated heterocycles. The highest BCUT2D eigenvalue weighted by atomic mass is 14.3. The third-order valence-electron chi connectivity index (χ3n) is 4.93. The van der Waals surface area contributed by atoms with Gasteiger partial charge in [0.05, 0.1) is 0 Å². The normalized spacial score (nSPS) is 40.3. The molecule has 0 nitrogen and oxygen atoms in total. The van der Waals surface area contributed by atoms with Crippen LogP contribution in [-0.2, 0) is 0 Å². The van der Waals surface area contributed by atoms with Crippen LogP contribution in [0.25, 0.3) is 0 Å². The Labute approximate surface area is 102 Å². The number of allylic oxidation sites excluding steroid dienone is 2. The van der Waals surface area contributed by atoms with Crippen molar-refractivity contribution in [2.24, 2.45) is 17.8 Å². The summed E-state index contributed by atoms with van der Waals surface area (Å²) in [6.45, 7) is 7.29. The molecule has 2 rings (SSSR count). The first kappa shape index (κ1) is 12.2. The lowest BCUT2D eigenvalue weighted by molar-refractivity contribution is 0.304. The Morgan fingerprint density at radius 2 is 1.69 bits per heavy atom. The average Bonchev–Trinajstić information content (AvgIpc) is 2.68. The van der Waals surface area contributed by atoms with Crippen molar-refractivity contribution in [3.8, 4) is 0 Å². The summed E-state index contributed by atoms with van der Waals surface area (Å²) < 4.78 is 0. The van der Waals surface area contributed by atoms with Gasteiger partial charge < -0.3 is 0 Å². The van der Waals surface area contributed by atoms with Gasteiger partial charge in [-0.3, -0.25) is 0 Å². The van der Waals surface area contributed by atoms with Crippen molar-refractivity contribution in [1.82, 2.24) is 0 Å². The first-order valence-electron chi connectivity index (χ1n) is 7.45. The summed E-state index contributed by atoms with van der Waals surface area (Å²) in [6, 6.07) is 0. The van der Waals surface area contributed by atoms with Crippen LogP contribution in [0.1, 0.15) is 72.1 Å². The van der Waals surface area contributed by atoms with Crippen molar-refractivity contribution >= 4 is 0 Å². The van der Waals surface area contributed by atoms with E-state index in [0.717, 1.165) is 17.8 Å². The molecular formula is C16H28. The van der Waals surface area contributed by atoms with Crippen LogP contribution in [0.15, 0.2) is 11.1 Å². The molecule has 2 aliphatic rings. The molecular weight excluding hydrogens is 192 g/mol. The van der Waals surface area contributed by atoms with Crippen molar-refractivity contribution in [3.63, 3.8) is 0 Å². The highest BCUT2D eigenvalue weighted by Gasteiger charge is 2.30. The highest BCUT2D eigenvalue weighted by Crippen LogP contribution is 2.44. The van der Waals surface area contributed by atoms with E-state index < -0.39 is 0 Å². The predicted molar refractivity (Wildman–Crippen MR) is 71.5 cm³/mol. The maximum atomic E-state index is 2.49. The molecule has 0 spiro atoms. The van der Waals surface area contributed by atoms with Gasteiger partial charge in [0.2, 0.25) is 0 Å². The minimum atomic E-state index is 0.902. The van der Waals surface area contributed by atoms with Gasteiger partial charge in [-0.15, -0.1) is 0 Å². The molecule has 16 heavy (non-hydrogen) atoms. The zero-order valence-electron chi connectivity index (χ0n) is 11.4. The van der Waals surface area contributed by atoms with Crippen LogP contribution in [-0.4, -0.2) is 0 Å². The molecule has 0 heteroatoms. The Balaban J connectivity index is 2.22. The molecule has 2 fully saturated rings. The van der Waals surface area contributed by atoms with Crippen LogP contribution >= 0.6 is 0 Å². The van der Waals surface area contributed by atoms with Crippen molar-refractivity contribution in [1.29, 1.82) is 0 Å². The first-order valence-corrected chi connectivity index (χ1v) is 7.45. The zero-order chi connectivity index (χ0) is 11.5.